The van der Waals surface area contributed by atoms with Crippen LogP contribution in [0.15, 0.2) is 64.8 Å². The summed E-state index contributed by atoms with van der Waals surface area (Å²) in [6.45, 7) is 3.53. The Hall–Kier alpha value is -7.18. The van der Waals surface area contributed by atoms with Gasteiger partial charge < -0.3 is 51.0 Å². The smallest absolute Gasteiger partial charge is 0.343 e. The van der Waals surface area contributed by atoms with Gasteiger partial charge in [0.15, 0.2) is 5.60 Å². The van der Waals surface area contributed by atoms with E-state index in [-0.39, 0.29) is 61.6 Å². The molecule has 5 amide bonds. The first-order chi connectivity index (χ1) is 36.8. The number of amides is 5. The number of sulfone groups is 1. The van der Waals surface area contributed by atoms with E-state index in [1.54, 1.807) is 49.4 Å². The van der Waals surface area contributed by atoms with Crippen LogP contribution in [0.25, 0.3) is 22.3 Å². The number of aryl methyl sites for hydroxylation is 1. The Morgan fingerprint density at radius 3 is 2.36 bits per heavy atom. The zero-order valence-electron chi connectivity index (χ0n) is 43.0. The number of carbonyl (C=O) groups excluding carboxylic acids is 6. The minimum Gasteiger partial charge on any atom is -0.458 e. The fourth-order valence-corrected chi connectivity index (χ4v) is 10.7. The van der Waals surface area contributed by atoms with E-state index in [4.69, 9.17) is 26.1 Å². The van der Waals surface area contributed by atoms with Gasteiger partial charge in [-0.25, -0.2) is 28.2 Å². The molecule has 77 heavy (non-hydrogen) atoms. The molecule has 5 aromatic rings. The molecule has 0 bridgehead atoms. The van der Waals surface area contributed by atoms with Crippen molar-refractivity contribution in [1.29, 1.82) is 0 Å². The largest absolute Gasteiger partial charge is 0.458 e. The number of nitrogens with one attached hydrogen (secondary N) is 6. The number of esters is 1. The molecule has 0 saturated carbocycles. The number of halogens is 1. The fourth-order valence-electron chi connectivity index (χ4n) is 10.00. The summed E-state index contributed by atoms with van der Waals surface area (Å²) in [6.07, 6.45) is 7.92. The summed E-state index contributed by atoms with van der Waals surface area (Å²) in [5.74, 6) is -3.76. The summed E-state index contributed by atoms with van der Waals surface area (Å²) < 4.78 is 35.9. The fraction of sp³-hybridized carbons (Fsp3) is 0.434. The van der Waals surface area contributed by atoms with E-state index in [1.165, 1.54) is 17.0 Å². The summed E-state index contributed by atoms with van der Waals surface area (Å²) >= 11 is 6.71. The van der Waals surface area contributed by atoms with Crippen LogP contribution in [0.2, 0.25) is 5.02 Å². The maximum Gasteiger partial charge on any atom is 0.343 e. The number of pyridine rings is 2. The van der Waals surface area contributed by atoms with Crippen molar-refractivity contribution in [2.24, 2.45) is 0 Å². The molecule has 0 fully saturated rings. The molecule has 1 unspecified atom stereocenters. The van der Waals surface area contributed by atoms with Gasteiger partial charge in [-0.2, -0.15) is 0 Å². The molecule has 22 nitrogen and oxygen atoms in total. The SMILES string of the molecule is CCCCC(Cc1cnc(S(C)(=O)=O)nc1)NCC(=O)NCC(=O)N[C@@H](Cc1ccccc1)C(=O)NCC(=O)NCOCC(=O)N[C@@H]1CCc2c(C)c(Cl)cc3nc4c(c1c23)Cn1c-4cc2c(c1=O)COC(=O)[C@]2(O)CC. The predicted octanol–water partition coefficient (Wildman–Crippen LogP) is 1.78. The van der Waals surface area contributed by atoms with E-state index in [2.05, 4.69) is 41.9 Å². The lowest BCUT2D eigenvalue weighted by Crippen LogP contribution is -2.52. The molecule has 4 atom stereocenters. The lowest BCUT2D eigenvalue weighted by Gasteiger charge is -2.31. The van der Waals surface area contributed by atoms with Crippen LogP contribution in [0.1, 0.15) is 96.5 Å². The Morgan fingerprint density at radius 2 is 1.65 bits per heavy atom. The number of hydrogen-bond donors (Lipinski definition) is 7. The van der Waals surface area contributed by atoms with E-state index < -0.39 is 88.3 Å². The first-order valence-corrected chi connectivity index (χ1v) is 27.6. The lowest BCUT2D eigenvalue weighted by atomic mass is 9.81. The Balaban J connectivity index is 0.834. The number of fused-ring (bicyclic) bond motifs is 5. The summed E-state index contributed by atoms with van der Waals surface area (Å²) in [5.41, 5.74) is 4.08. The normalized spacial score (nSPS) is 17.0. The van der Waals surface area contributed by atoms with Crippen molar-refractivity contribution < 1.29 is 51.8 Å². The number of carbonyl (C=O) groups is 6. The van der Waals surface area contributed by atoms with Crippen molar-refractivity contribution in [3.63, 3.8) is 0 Å². The molecule has 408 valence electrons. The van der Waals surface area contributed by atoms with Crippen LogP contribution < -0.4 is 37.5 Å². The van der Waals surface area contributed by atoms with Crippen molar-refractivity contribution in [3.05, 3.63) is 115 Å². The highest BCUT2D eigenvalue weighted by Crippen LogP contribution is 2.46. The zero-order valence-corrected chi connectivity index (χ0v) is 44.6. The van der Waals surface area contributed by atoms with Gasteiger partial charge in [0.25, 0.3) is 5.56 Å². The summed E-state index contributed by atoms with van der Waals surface area (Å²) in [6, 6.07) is 10.4. The molecule has 7 N–H and O–H groups in total. The van der Waals surface area contributed by atoms with E-state index in [0.717, 1.165) is 46.7 Å². The van der Waals surface area contributed by atoms with E-state index in [9.17, 15) is 47.1 Å². The van der Waals surface area contributed by atoms with Crippen LogP contribution in [0.5, 0.6) is 0 Å². The number of benzene rings is 2. The van der Waals surface area contributed by atoms with E-state index in [0.29, 0.717) is 58.7 Å². The minimum atomic E-state index is -3.56. The van der Waals surface area contributed by atoms with Gasteiger partial charge in [-0.15, -0.1) is 0 Å². The monoisotopic (exact) mass is 1100 g/mol. The number of ether oxygens (including phenoxy) is 2. The Morgan fingerprint density at radius 1 is 0.922 bits per heavy atom. The average Bonchev–Trinajstić information content (AvgIpc) is 3.90. The molecule has 1 aliphatic carbocycles. The maximum atomic E-state index is 14.0. The average molecular weight is 1100 g/mol. The molecule has 3 aliphatic rings. The number of hydrogen-bond acceptors (Lipinski definition) is 16. The molecule has 0 spiro atoms. The quantitative estimate of drug-likeness (QED) is 0.0208. The van der Waals surface area contributed by atoms with Gasteiger partial charge in [0, 0.05) is 52.6 Å². The summed E-state index contributed by atoms with van der Waals surface area (Å²) in [7, 11) is -3.56. The molecule has 8 rings (SSSR count). The Labute approximate surface area is 448 Å². The van der Waals surface area contributed by atoms with Crippen LogP contribution in [0.3, 0.4) is 0 Å². The first-order valence-electron chi connectivity index (χ1n) is 25.4. The highest BCUT2D eigenvalue weighted by Gasteiger charge is 2.46. The molecule has 3 aromatic heterocycles. The first kappa shape index (κ1) is 56.0. The third-order valence-corrected chi connectivity index (χ3v) is 15.3. The topological polar surface area (TPSA) is 308 Å². The van der Waals surface area contributed by atoms with Gasteiger partial charge in [0.1, 0.15) is 26.0 Å². The molecule has 2 aromatic carbocycles. The number of aliphatic hydroxyl groups is 1. The lowest BCUT2D eigenvalue weighted by molar-refractivity contribution is -0.172. The third-order valence-electron chi connectivity index (χ3n) is 14.1. The molecule has 24 heteroatoms. The maximum absolute atomic E-state index is 14.0. The summed E-state index contributed by atoms with van der Waals surface area (Å²) in [4.78, 5) is 106. The number of nitrogens with zero attached hydrogens (tertiary/aromatic N) is 4. The van der Waals surface area contributed by atoms with Gasteiger partial charge in [-0.1, -0.05) is 68.6 Å². The van der Waals surface area contributed by atoms with Crippen molar-refractivity contribution in [2.45, 2.75) is 114 Å². The Bertz CT molecular complexity index is 3300. The van der Waals surface area contributed by atoms with Crippen molar-refractivity contribution in [2.75, 3.05) is 39.2 Å². The van der Waals surface area contributed by atoms with Crippen molar-refractivity contribution in [3.8, 4) is 11.4 Å². The van der Waals surface area contributed by atoms with Crippen LogP contribution in [-0.4, -0.2) is 120 Å². The van der Waals surface area contributed by atoms with E-state index >= 15 is 0 Å². The molecule has 5 heterocycles. The van der Waals surface area contributed by atoms with Gasteiger partial charge in [0.2, 0.25) is 44.5 Å². The van der Waals surface area contributed by atoms with Gasteiger partial charge >= 0.3 is 5.97 Å². The van der Waals surface area contributed by atoms with Crippen molar-refractivity contribution >= 4 is 67.8 Å². The van der Waals surface area contributed by atoms with Crippen LogP contribution >= 0.6 is 11.6 Å². The third kappa shape index (κ3) is 12.7. The summed E-state index contributed by atoms with van der Waals surface area (Å²) in [5, 5.41) is 28.9. The number of rotatable bonds is 23. The minimum absolute atomic E-state index is 0.0149. The second-order valence-corrected chi connectivity index (χ2v) is 21.8. The molecule has 0 radical (unpaired) electrons. The Kier molecular flexibility index (Phi) is 17.5. The second-order valence-electron chi connectivity index (χ2n) is 19.4. The predicted molar refractivity (Wildman–Crippen MR) is 281 cm³/mol. The molecular weight excluding hydrogens is 1040 g/mol. The van der Waals surface area contributed by atoms with Crippen LogP contribution in [0, 0.1) is 6.92 Å². The standard InChI is InChI=1S/C53H61ClN10O12S/c1-5-7-13-32(16-31-20-58-52(59-21-31)77(4,73)74)55-22-42(65)56-24-44(67)62-40(17-30-11-9-8-10-12-30)49(69)57-23-43(66)60-28-75-27-45(68)61-38-15-14-33-29(3)37(54)19-39-46(33)47(38)34-25-64-41(48(34)63-39)18-36-35(50(64)70)26-76-51(71)53(36,72)6-2/h8-12,18-21,32,38,40,55,72H,5-7,13-17,22-28H2,1-4H3,(H,56,65)(H,57,69)(H,60,66)(H,61,68)(H,62,67)/t32?,38-,40+,53+/m1/s1. The highest BCUT2D eigenvalue weighted by molar-refractivity contribution is 7.90. The molecule has 2 aliphatic heterocycles. The number of aromatic nitrogens is 4. The number of unbranched alkanes of at least 4 members (excludes halogenated alkanes) is 1. The van der Waals surface area contributed by atoms with Gasteiger partial charge in [0.05, 0.1) is 54.7 Å². The second kappa shape index (κ2) is 24.0. The van der Waals surface area contributed by atoms with E-state index in [1.807, 2.05) is 13.8 Å². The highest BCUT2D eigenvalue weighted by atomic mass is 35.5. The number of cyclic esters (lactones) is 1. The van der Waals surface area contributed by atoms with Crippen molar-refractivity contribution in [1.82, 2.24) is 51.4 Å². The molecular formula is C53H61ClN10O12S. The van der Waals surface area contributed by atoms with Crippen LogP contribution in [0.4, 0.5) is 0 Å². The van der Waals surface area contributed by atoms with Gasteiger partial charge in [-0.3, -0.25) is 28.8 Å². The van der Waals surface area contributed by atoms with Gasteiger partial charge in [-0.05, 0) is 79.0 Å². The van der Waals surface area contributed by atoms with Crippen LogP contribution in [-0.2, 0) is 86.1 Å². The molecule has 0 saturated heterocycles. The zero-order chi connectivity index (χ0) is 55.2.